The summed E-state index contributed by atoms with van der Waals surface area (Å²) in [6, 6.07) is 0. The summed E-state index contributed by atoms with van der Waals surface area (Å²) in [6.45, 7) is 4.82. The highest BCUT2D eigenvalue weighted by Gasteiger charge is 2.59. The smallest absolute Gasteiger partial charge is 0.224 e. The van der Waals surface area contributed by atoms with E-state index >= 15 is 0 Å². The lowest BCUT2D eigenvalue weighted by atomic mass is 9.45. The fourth-order valence-electron chi connectivity index (χ4n) is 7.22. The minimum atomic E-state index is -0.175. The topological polar surface area (TPSA) is 63.4 Å². The molecular formula is C20H31NO3. The molecule has 0 bridgehead atoms. The molecule has 1 N–H and O–H groups in total. The van der Waals surface area contributed by atoms with Crippen molar-refractivity contribution in [3.8, 4) is 0 Å². The van der Waals surface area contributed by atoms with E-state index in [1.54, 1.807) is 0 Å². The van der Waals surface area contributed by atoms with Gasteiger partial charge in [-0.05, 0) is 91.4 Å². The average Bonchev–Trinajstić information content (AvgIpc) is 2.83. The molecule has 0 amide bonds. The molecule has 0 aliphatic heterocycles. The number of hydrogen-bond acceptors (Lipinski definition) is 3. The number of nitrogens with zero attached hydrogens (tertiary/aromatic N) is 1. The van der Waals surface area contributed by atoms with Crippen LogP contribution in [0.25, 0.3) is 0 Å². The number of allylic oxidation sites excluding steroid dienone is 1. The number of hydrogen-bond donors (Lipinski definition) is 1. The number of nitro groups is 1. The number of rotatable bonds is 2. The maximum atomic E-state index is 10.9. The van der Waals surface area contributed by atoms with Gasteiger partial charge in [-0.15, -0.1) is 0 Å². The van der Waals surface area contributed by atoms with Crippen LogP contribution in [0.2, 0.25) is 0 Å². The van der Waals surface area contributed by atoms with E-state index in [4.69, 9.17) is 0 Å². The Balaban J connectivity index is 1.58. The molecule has 0 heterocycles. The van der Waals surface area contributed by atoms with Crippen LogP contribution in [-0.2, 0) is 0 Å². The molecule has 0 aromatic heterocycles. The normalized spacial score (nSPS) is 50.5. The zero-order valence-electron chi connectivity index (χ0n) is 15.0. The molecule has 4 aliphatic carbocycles. The van der Waals surface area contributed by atoms with E-state index in [1.165, 1.54) is 25.7 Å². The van der Waals surface area contributed by atoms with Crippen LogP contribution in [0.4, 0.5) is 0 Å². The van der Waals surface area contributed by atoms with Gasteiger partial charge in [0.05, 0.1) is 6.10 Å². The van der Waals surface area contributed by atoms with Crippen molar-refractivity contribution in [1.29, 1.82) is 0 Å². The second-order valence-electron chi connectivity index (χ2n) is 9.56. The molecule has 0 aromatic carbocycles. The van der Waals surface area contributed by atoms with Crippen molar-refractivity contribution in [3.05, 3.63) is 21.8 Å². The van der Waals surface area contributed by atoms with Crippen LogP contribution in [0, 0.1) is 44.6 Å². The number of aliphatic hydroxyl groups is 1. The van der Waals surface area contributed by atoms with Crippen LogP contribution < -0.4 is 0 Å². The van der Waals surface area contributed by atoms with Gasteiger partial charge in [0.25, 0.3) is 0 Å². The Morgan fingerprint density at radius 3 is 2.67 bits per heavy atom. The predicted molar refractivity (Wildman–Crippen MR) is 93.1 cm³/mol. The quantitative estimate of drug-likeness (QED) is 0.468. The standard InChI is InChI=1S/C20H31NO3/c1-19-9-7-13(12-21(23)24)11-14(19)3-4-15-16-5-6-18(22)20(16,2)10-8-17(15)19/h7,14-18,22H,3-6,8-12H2,1-2H3. The second-order valence-corrected chi connectivity index (χ2v) is 9.56. The first kappa shape index (κ1) is 16.6. The van der Waals surface area contributed by atoms with E-state index in [0.717, 1.165) is 43.1 Å². The van der Waals surface area contributed by atoms with Crippen molar-refractivity contribution < 1.29 is 10.0 Å². The van der Waals surface area contributed by atoms with E-state index in [2.05, 4.69) is 19.9 Å². The maximum absolute atomic E-state index is 10.9. The van der Waals surface area contributed by atoms with E-state index in [1.807, 2.05) is 0 Å². The summed E-state index contributed by atoms with van der Waals surface area (Å²) in [5.74, 6) is 2.81. The van der Waals surface area contributed by atoms with E-state index in [9.17, 15) is 15.2 Å². The lowest BCUT2D eigenvalue weighted by Gasteiger charge is -2.59. The van der Waals surface area contributed by atoms with Gasteiger partial charge in [-0.25, -0.2) is 0 Å². The van der Waals surface area contributed by atoms with Gasteiger partial charge in [-0.3, -0.25) is 10.1 Å². The lowest BCUT2D eigenvalue weighted by Crippen LogP contribution is -2.53. The zero-order valence-corrected chi connectivity index (χ0v) is 15.0. The van der Waals surface area contributed by atoms with Gasteiger partial charge in [-0.1, -0.05) is 19.9 Å². The molecule has 4 rings (SSSR count). The Morgan fingerprint density at radius 1 is 1.17 bits per heavy atom. The Bertz CT molecular complexity index is 573. The average molecular weight is 333 g/mol. The Kier molecular flexibility index (Phi) is 3.83. The molecule has 134 valence electrons. The first-order chi connectivity index (χ1) is 11.3. The molecule has 7 unspecified atom stereocenters. The Morgan fingerprint density at radius 2 is 1.92 bits per heavy atom. The lowest BCUT2D eigenvalue weighted by molar-refractivity contribution is -0.471. The van der Waals surface area contributed by atoms with Gasteiger partial charge in [0.1, 0.15) is 0 Å². The van der Waals surface area contributed by atoms with Crippen LogP contribution in [0.3, 0.4) is 0 Å². The van der Waals surface area contributed by atoms with E-state index in [-0.39, 0.29) is 23.0 Å². The highest BCUT2D eigenvalue weighted by molar-refractivity contribution is 5.17. The summed E-state index contributed by atoms with van der Waals surface area (Å²) >= 11 is 0. The summed E-state index contributed by atoms with van der Waals surface area (Å²) < 4.78 is 0. The van der Waals surface area contributed by atoms with Crippen molar-refractivity contribution in [1.82, 2.24) is 0 Å². The molecule has 0 aromatic rings. The van der Waals surface area contributed by atoms with Crippen molar-refractivity contribution in [3.63, 3.8) is 0 Å². The largest absolute Gasteiger partial charge is 0.393 e. The van der Waals surface area contributed by atoms with Gasteiger partial charge < -0.3 is 5.11 Å². The highest BCUT2D eigenvalue weighted by Crippen LogP contribution is 2.65. The molecule has 4 nitrogen and oxygen atoms in total. The third kappa shape index (κ3) is 2.28. The van der Waals surface area contributed by atoms with Crippen molar-refractivity contribution in [2.75, 3.05) is 6.54 Å². The fourth-order valence-corrected chi connectivity index (χ4v) is 7.22. The van der Waals surface area contributed by atoms with Crippen LogP contribution in [-0.4, -0.2) is 22.7 Å². The third-order valence-corrected chi connectivity index (χ3v) is 8.69. The summed E-state index contributed by atoms with van der Waals surface area (Å²) in [7, 11) is 0. The Hall–Kier alpha value is -0.900. The first-order valence-electron chi connectivity index (χ1n) is 9.82. The predicted octanol–water partition coefficient (Wildman–Crippen LogP) is 4.20. The van der Waals surface area contributed by atoms with Gasteiger partial charge in [0, 0.05) is 4.92 Å². The van der Waals surface area contributed by atoms with Gasteiger partial charge in [-0.2, -0.15) is 0 Å². The SMILES string of the molecule is CC12CCC3C(CCC4CC(C[N+](=O)[O-])=CCC43C)C1CCC2O. The molecular weight excluding hydrogens is 302 g/mol. The van der Waals surface area contributed by atoms with E-state index < -0.39 is 0 Å². The summed E-state index contributed by atoms with van der Waals surface area (Å²) in [6.07, 6.45) is 11.1. The summed E-state index contributed by atoms with van der Waals surface area (Å²) in [5.41, 5.74) is 1.52. The summed E-state index contributed by atoms with van der Waals surface area (Å²) in [5, 5.41) is 21.4. The number of fused-ring (bicyclic) bond motifs is 5. The summed E-state index contributed by atoms with van der Waals surface area (Å²) in [4.78, 5) is 10.7. The van der Waals surface area contributed by atoms with Crippen molar-refractivity contribution >= 4 is 0 Å². The molecule has 24 heavy (non-hydrogen) atoms. The number of aliphatic hydroxyl groups excluding tert-OH is 1. The van der Waals surface area contributed by atoms with Crippen LogP contribution in [0.1, 0.15) is 65.2 Å². The molecule has 4 aliphatic rings. The molecule has 7 atom stereocenters. The fraction of sp³-hybridized carbons (Fsp3) is 0.900. The van der Waals surface area contributed by atoms with Gasteiger partial charge in [0.15, 0.2) is 0 Å². The van der Waals surface area contributed by atoms with Crippen LogP contribution in [0.15, 0.2) is 11.6 Å². The molecule has 0 spiro atoms. The minimum absolute atomic E-state index is 0.0353. The maximum Gasteiger partial charge on any atom is 0.224 e. The molecule has 3 fully saturated rings. The molecule has 4 heteroatoms. The van der Waals surface area contributed by atoms with E-state index in [0.29, 0.717) is 17.3 Å². The van der Waals surface area contributed by atoms with Crippen molar-refractivity contribution in [2.24, 2.45) is 34.5 Å². The molecule has 0 saturated heterocycles. The zero-order chi connectivity index (χ0) is 17.1. The van der Waals surface area contributed by atoms with Crippen LogP contribution in [0.5, 0.6) is 0 Å². The molecule has 0 radical (unpaired) electrons. The first-order valence-corrected chi connectivity index (χ1v) is 9.82. The molecule has 3 saturated carbocycles. The minimum Gasteiger partial charge on any atom is -0.393 e. The van der Waals surface area contributed by atoms with Gasteiger partial charge in [0.2, 0.25) is 6.54 Å². The monoisotopic (exact) mass is 333 g/mol. The second kappa shape index (κ2) is 5.55. The van der Waals surface area contributed by atoms with Crippen LogP contribution >= 0.6 is 0 Å². The third-order valence-electron chi connectivity index (χ3n) is 8.69. The Labute approximate surface area is 144 Å². The highest BCUT2D eigenvalue weighted by atomic mass is 16.6. The van der Waals surface area contributed by atoms with Gasteiger partial charge >= 0.3 is 0 Å². The van der Waals surface area contributed by atoms with Crippen molar-refractivity contribution in [2.45, 2.75) is 71.3 Å².